The summed E-state index contributed by atoms with van der Waals surface area (Å²) in [6.07, 6.45) is -0.137. The molecule has 0 aliphatic rings. The molecule has 0 aliphatic heterocycles. The molecule has 2 N–H and O–H groups in total. The molecule has 0 spiro atoms. The number of hydrogen-bond donors (Lipinski definition) is 2. The van der Waals surface area contributed by atoms with E-state index in [-0.39, 0.29) is 12.3 Å². The van der Waals surface area contributed by atoms with Crippen molar-refractivity contribution in [3.8, 4) is 0 Å². The average molecular weight is 289 g/mol. The maximum atomic E-state index is 12.1. The third kappa shape index (κ3) is 3.45. The van der Waals surface area contributed by atoms with Crippen LogP contribution in [0, 0.1) is 6.92 Å². The van der Waals surface area contributed by atoms with Gasteiger partial charge in [0.1, 0.15) is 0 Å². The highest BCUT2D eigenvalue weighted by atomic mass is 32.1. The second kappa shape index (κ2) is 6.34. The van der Waals surface area contributed by atoms with E-state index in [2.05, 4.69) is 5.32 Å². The van der Waals surface area contributed by atoms with E-state index >= 15 is 0 Å². The van der Waals surface area contributed by atoms with Gasteiger partial charge in [-0.1, -0.05) is 30.3 Å². The smallest absolute Gasteiger partial charge is 0.305 e. The largest absolute Gasteiger partial charge is 0.481 e. The van der Waals surface area contributed by atoms with E-state index in [1.165, 1.54) is 11.3 Å². The lowest BCUT2D eigenvalue weighted by Crippen LogP contribution is -2.30. The standard InChI is InChI=1S/C15H15NO3S/c1-10-5-2-3-6-11(10)12(9-14(17)18)16-15(19)13-7-4-8-20-13/h2-8,12H,9H2,1H3,(H,16,19)(H,17,18). The van der Waals surface area contributed by atoms with Gasteiger partial charge in [-0.2, -0.15) is 0 Å². The number of aryl methyl sites for hydroxylation is 1. The number of carboxylic acid groups (broad SMARTS) is 1. The molecule has 0 bridgehead atoms. The molecule has 1 aromatic carbocycles. The number of nitrogens with one attached hydrogen (secondary N) is 1. The lowest BCUT2D eigenvalue weighted by molar-refractivity contribution is -0.137. The summed E-state index contributed by atoms with van der Waals surface area (Å²) in [6.45, 7) is 1.90. The molecule has 1 heterocycles. The van der Waals surface area contributed by atoms with Crippen molar-refractivity contribution in [1.82, 2.24) is 5.32 Å². The fourth-order valence-corrected chi connectivity index (χ4v) is 2.66. The van der Waals surface area contributed by atoms with Crippen LogP contribution in [0.15, 0.2) is 41.8 Å². The fourth-order valence-electron chi connectivity index (χ4n) is 2.03. The molecular weight excluding hydrogens is 274 g/mol. The number of benzene rings is 1. The van der Waals surface area contributed by atoms with Crippen LogP contribution >= 0.6 is 11.3 Å². The van der Waals surface area contributed by atoms with Gasteiger partial charge in [-0.05, 0) is 29.5 Å². The molecule has 1 aromatic heterocycles. The zero-order valence-corrected chi connectivity index (χ0v) is 11.8. The molecule has 104 valence electrons. The summed E-state index contributed by atoms with van der Waals surface area (Å²) in [6, 6.07) is 10.5. The molecule has 0 saturated carbocycles. The van der Waals surface area contributed by atoms with Crippen molar-refractivity contribution in [2.45, 2.75) is 19.4 Å². The summed E-state index contributed by atoms with van der Waals surface area (Å²) in [5.74, 6) is -1.18. The van der Waals surface area contributed by atoms with Crippen molar-refractivity contribution < 1.29 is 14.7 Å². The van der Waals surface area contributed by atoms with Gasteiger partial charge in [0.05, 0.1) is 17.3 Å². The van der Waals surface area contributed by atoms with Gasteiger partial charge in [0, 0.05) is 0 Å². The predicted molar refractivity (Wildman–Crippen MR) is 78.0 cm³/mol. The van der Waals surface area contributed by atoms with Crippen LogP contribution in [0.3, 0.4) is 0 Å². The zero-order chi connectivity index (χ0) is 14.5. The molecular formula is C15H15NO3S. The SMILES string of the molecule is Cc1ccccc1C(CC(=O)O)NC(=O)c1cccs1. The Balaban J connectivity index is 2.22. The number of amides is 1. The number of rotatable bonds is 5. The van der Waals surface area contributed by atoms with Gasteiger partial charge >= 0.3 is 5.97 Å². The Kier molecular flexibility index (Phi) is 4.53. The Labute approximate surface area is 121 Å². The second-order valence-electron chi connectivity index (χ2n) is 4.46. The third-order valence-electron chi connectivity index (χ3n) is 2.99. The molecule has 2 aromatic rings. The number of thiophene rings is 1. The normalized spacial score (nSPS) is 11.8. The minimum Gasteiger partial charge on any atom is -0.481 e. The van der Waals surface area contributed by atoms with Crippen molar-refractivity contribution in [2.75, 3.05) is 0 Å². The Morgan fingerprint density at radius 2 is 2.00 bits per heavy atom. The van der Waals surface area contributed by atoms with Crippen LogP contribution in [0.4, 0.5) is 0 Å². The summed E-state index contributed by atoms with van der Waals surface area (Å²) < 4.78 is 0. The highest BCUT2D eigenvalue weighted by molar-refractivity contribution is 7.12. The molecule has 2 rings (SSSR count). The number of carboxylic acids is 1. The first-order valence-corrected chi connectivity index (χ1v) is 7.07. The predicted octanol–water partition coefficient (Wildman–Crippen LogP) is 3.00. The van der Waals surface area contributed by atoms with Crippen LogP contribution in [0.2, 0.25) is 0 Å². The van der Waals surface area contributed by atoms with Gasteiger partial charge in [0.2, 0.25) is 0 Å². The maximum absolute atomic E-state index is 12.1. The van der Waals surface area contributed by atoms with Crippen molar-refractivity contribution in [1.29, 1.82) is 0 Å². The fraction of sp³-hybridized carbons (Fsp3) is 0.200. The first-order chi connectivity index (χ1) is 9.58. The van der Waals surface area contributed by atoms with Crippen LogP contribution in [-0.4, -0.2) is 17.0 Å². The van der Waals surface area contributed by atoms with E-state index in [0.717, 1.165) is 11.1 Å². The van der Waals surface area contributed by atoms with Crippen LogP contribution in [0.1, 0.15) is 33.3 Å². The molecule has 20 heavy (non-hydrogen) atoms. The quantitative estimate of drug-likeness (QED) is 0.889. The van der Waals surface area contributed by atoms with Gasteiger partial charge in [-0.25, -0.2) is 0 Å². The van der Waals surface area contributed by atoms with Crippen LogP contribution in [0.5, 0.6) is 0 Å². The average Bonchev–Trinajstić information content (AvgIpc) is 2.92. The number of aliphatic carboxylic acids is 1. The lowest BCUT2D eigenvalue weighted by atomic mass is 9.98. The second-order valence-corrected chi connectivity index (χ2v) is 5.41. The first kappa shape index (κ1) is 14.3. The minimum atomic E-state index is -0.940. The summed E-state index contributed by atoms with van der Waals surface area (Å²) in [5, 5.41) is 13.6. The molecule has 0 saturated heterocycles. The van der Waals surface area contributed by atoms with E-state index in [0.29, 0.717) is 4.88 Å². The van der Waals surface area contributed by atoms with E-state index < -0.39 is 12.0 Å². The van der Waals surface area contributed by atoms with Crippen molar-refractivity contribution in [2.24, 2.45) is 0 Å². The monoisotopic (exact) mass is 289 g/mol. The summed E-state index contributed by atoms with van der Waals surface area (Å²) in [7, 11) is 0. The lowest BCUT2D eigenvalue weighted by Gasteiger charge is -2.19. The van der Waals surface area contributed by atoms with E-state index in [9.17, 15) is 9.59 Å². The zero-order valence-electron chi connectivity index (χ0n) is 11.0. The van der Waals surface area contributed by atoms with E-state index in [1.54, 1.807) is 12.1 Å². The molecule has 0 aliphatic carbocycles. The highest BCUT2D eigenvalue weighted by Crippen LogP contribution is 2.22. The Morgan fingerprint density at radius 3 is 2.60 bits per heavy atom. The summed E-state index contributed by atoms with van der Waals surface area (Å²) in [5.41, 5.74) is 1.80. The highest BCUT2D eigenvalue weighted by Gasteiger charge is 2.20. The molecule has 1 atom stereocenters. The van der Waals surface area contributed by atoms with Gasteiger partial charge in [-0.15, -0.1) is 11.3 Å². The van der Waals surface area contributed by atoms with Gasteiger partial charge < -0.3 is 10.4 Å². The van der Waals surface area contributed by atoms with Gasteiger partial charge in [0.25, 0.3) is 5.91 Å². The van der Waals surface area contributed by atoms with Gasteiger partial charge in [0.15, 0.2) is 0 Å². The molecule has 5 heteroatoms. The molecule has 0 radical (unpaired) electrons. The first-order valence-electron chi connectivity index (χ1n) is 6.19. The number of hydrogen-bond acceptors (Lipinski definition) is 3. The maximum Gasteiger partial charge on any atom is 0.305 e. The topological polar surface area (TPSA) is 66.4 Å². The van der Waals surface area contributed by atoms with E-state index in [1.807, 2.05) is 36.6 Å². The molecule has 1 amide bonds. The van der Waals surface area contributed by atoms with E-state index in [4.69, 9.17) is 5.11 Å². The van der Waals surface area contributed by atoms with Crippen molar-refractivity contribution in [3.05, 3.63) is 57.8 Å². The van der Waals surface area contributed by atoms with Crippen LogP contribution < -0.4 is 5.32 Å². The molecule has 0 fully saturated rings. The van der Waals surface area contributed by atoms with Crippen molar-refractivity contribution >= 4 is 23.2 Å². The Morgan fingerprint density at radius 1 is 1.25 bits per heavy atom. The van der Waals surface area contributed by atoms with Gasteiger partial charge in [-0.3, -0.25) is 9.59 Å². The Hall–Kier alpha value is -2.14. The van der Waals surface area contributed by atoms with Crippen molar-refractivity contribution in [3.63, 3.8) is 0 Å². The third-order valence-corrected chi connectivity index (χ3v) is 3.86. The number of carbonyl (C=O) groups excluding carboxylic acids is 1. The molecule has 4 nitrogen and oxygen atoms in total. The minimum absolute atomic E-state index is 0.137. The molecule has 1 unspecified atom stereocenters. The Bertz CT molecular complexity index is 607. The summed E-state index contributed by atoms with van der Waals surface area (Å²) >= 11 is 1.33. The van der Waals surface area contributed by atoms with Crippen LogP contribution in [0.25, 0.3) is 0 Å². The summed E-state index contributed by atoms with van der Waals surface area (Å²) in [4.78, 5) is 23.7. The number of carbonyl (C=O) groups is 2. The van der Waals surface area contributed by atoms with Crippen LogP contribution in [-0.2, 0) is 4.79 Å².